The molecule has 0 saturated carbocycles. The number of aliphatic hydroxyl groups excluding tert-OH is 1. The van der Waals surface area contributed by atoms with Crippen LogP contribution < -0.4 is 0 Å². The van der Waals surface area contributed by atoms with Gasteiger partial charge in [0.15, 0.2) is 0 Å². The molecule has 0 aliphatic carbocycles. The van der Waals surface area contributed by atoms with Crippen molar-refractivity contribution < 1.29 is 14.6 Å². The minimum Gasteiger partial charge on any atom is -0.389 e. The molecule has 7 nitrogen and oxygen atoms in total. The minimum absolute atomic E-state index is 0.0626. The first-order valence-corrected chi connectivity index (χ1v) is 8.90. The first kappa shape index (κ1) is 16.5. The molecule has 4 rings (SSSR count). The molecule has 25 heavy (non-hydrogen) atoms. The number of benzene rings is 1. The van der Waals surface area contributed by atoms with E-state index in [1.165, 1.54) is 0 Å². The van der Waals surface area contributed by atoms with Gasteiger partial charge in [-0.25, -0.2) is 4.98 Å². The van der Waals surface area contributed by atoms with Crippen LogP contribution in [0, 0.1) is 0 Å². The van der Waals surface area contributed by atoms with E-state index in [9.17, 15) is 9.90 Å². The number of hydrogen-bond donors (Lipinski definition) is 1. The number of rotatable bonds is 3. The summed E-state index contributed by atoms with van der Waals surface area (Å²) in [6, 6.07) is 7.92. The Morgan fingerprint density at radius 1 is 1.20 bits per heavy atom. The van der Waals surface area contributed by atoms with Gasteiger partial charge in [-0.15, -0.1) is 0 Å². The summed E-state index contributed by atoms with van der Waals surface area (Å²) in [6.07, 6.45) is 2.23. The lowest BCUT2D eigenvalue weighted by molar-refractivity contribution is -0.131. The zero-order chi connectivity index (χ0) is 17.2. The maximum atomic E-state index is 12.7. The van der Waals surface area contributed by atoms with Gasteiger partial charge in [0, 0.05) is 26.2 Å². The van der Waals surface area contributed by atoms with Crippen molar-refractivity contribution in [1.82, 2.24) is 19.4 Å². The second kappa shape index (κ2) is 7.11. The molecule has 2 aliphatic rings. The highest BCUT2D eigenvalue weighted by molar-refractivity contribution is 5.80. The van der Waals surface area contributed by atoms with Gasteiger partial charge < -0.3 is 19.3 Å². The van der Waals surface area contributed by atoms with Crippen molar-refractivity contribution in [2.24, 2.45) is 0 Å². The topological polar surface area (TPSA) is 70.8 Å². The number of aliphatic hydroxyl groups is 1. The van der Waals surface area contributed by atoms with Gasteiger partial charge in [-0.3, -0.25) is 9.69 Å². The van der Waals surface area contributed by atoms with Crippen molar-refractivity contribution in [3.8, 4) is 0 Å². The zero-order valence-corrected chi connectivity index (χ0v) is 14.3. The summed E-state index contributed by atoms with van der Waals surface area (Å²) in [5.41, 5.74) is 1.89. The SMILES string of the molecule is O=C(Cn1cnc2ccccc21)N1CCCN([C@H]2COC[C@@H]2O)CC1. The number of aromatic nitrogens is 2. The molecule has 1 amide bonds. The third-order valence-corrected chi connectivity index (χ3v) is 5.21. The predicted molar refractivity (Wildman–Crippen MR) is 93.1 cm³/mol. The van der Waals surface area contributed by atoms with Gasteiger partial charge in [-0.05, 0) is 18.6 Å². The molecule has 3 heterocycles. The van der Waals surface area contributed by atoms with Crippen LogP contribution in [0.4, 0.5) is 0 Å². The molecule has 1 aromatic heterocycles. The summed E-state index contributed by atoms with van der Waals surface area (Å²) < 4.78 is 7.28. The van der Waals surface area contributed by atoms with Gasteiger partial charge in [-0.2, -0.15) is 0 Å². The minimum atomic E-state index is -0.417. The van der Waals surface area contributed by atoms with Gasteiger partial charge >= 0.3 is 0 Å². The summed E-state index contributed by atoms with van der Waals surface area (Å²) >= 11 is 0. The molecule has 2 aromatic rings. The van der Waals surface area contributed by atoms with Crippen LogP contribution in [-0.2, 0) is 16.1 Å². The molecular weight excluding hydrogens is 320 g/mol. The molecule has 0 bridgehead atoms. The van der Waals surface area contributed by atoms with E-state index in [2.05, 4.69) is 9.88 Å². The number of amides is 1. The van der Waals surface area contributed by atoms with Crippen LogP contribution in [0.25, 0.3) is 11.0 Å². The van der Waals surface area contributed by atoms with Crippen LogP contribution >= 0.6 is 0 Å². The average molecular weight is 344 g/mol. The second-order valence-corrected chi connectivity index (χ2v) is 6.80. The number of fused-ring (bicyclic) bond motifs is 1. The quantitative estimate of drug-likeness (QED) is 0.869. The number of carbonyl (C=O) groups excluding carboxylic acids is 1. The van der Waals surface area contributed by atoms with E-state index in [0.29, 0.717) is 26.3 Å². The van der Waals surface area contributed by atoms with Crippen LogP contribution in [0.15, 0.2) is 30.6 Å². The third-order valence-electron chi connectivity index (χ3n) is 5.21. The van der Waals surface area contributed by atoms with Crippen LogP contribution in [-0.4, -0.2) is 81.9 Å². The Bertz CT molecular complexity index is 747. The lowest BCUT2D eigenvalue weighted by Gasteiger charge is -2.28. The lowest BCUT2D eigenvalue weighted by atomic mass is 10.2. The Hall–Kier alpha value is -1.96. The Kier molecular flexibility index (Phi) is 4.70. The zero-order valence-electron chi connectivity index (χ0n) is 14.3. The van der Waals surface area contributed by atoms with E-state index in [0.717, 1.165) is 37.1 Å². The molecule has 0 radical (unpaired) electrons. The van der Waals surface area contributed by atoms with Crippen molar-refractivity contribution in [2.45, 2.75) is 25.1 Å². The molecule has 0 unspecified atom stereocenters. The second-order valence-electron chi connectivity index (χ2n) is 6.80. The first-order valence-electron chi connectivity index (χ1n) is 8.90. The lowest BCUT2D eigenvalue weighted by Crippen LogP contribution is -2.45. The van der Waals surface area contributed by atoms with Gasteiger partial charge in [-0.1, -0.05) is 12.1 Å². The van der Waals surface area contributed by atoms with E-state index in [-0.39, 0.29) is 11.9 Å². The molecule has 1 aromatic carbocycles. The fraction of sp³-hybridized carbons (Fsp3) is 0.556. The molecule has 2 atom stereocenters. The summed E-state index contributed by atoms with van der Waals surface area (Å²) in [5.74, 6) is 0.119. The number of nitrogens with zero attached hydrogens (tertiary/aromatic N) is 4. The van der Waals surface area contributed by atoms with Crippen LogP contribution in [0.3, 0.4) is 0 Å². The Morgan fingerprint density at radius 2 is 2.08 bits per heavy atom. The van der Waals surface area contributed by atoms with E-state index in [4.69, 9.17) is 4.74 Å². The Labute approximate surface area is 146 Å². The number of hydrogen-bond acceptors (Lipinski definition) is 5. The van der Waals surface area contributed by atoms with E-state index in [1.54, 1.807) is 6.33 Å². The van der Waals surface area contributed by atoms with Crippen molar-refractivity contribution in [3.63, 3.8) is 0 Å². The summed E-state index contributed by atoms with van der Waals surface area (Å²) in [6.45, 7) is 4.42. The van der Waals surface area contributed by atoms with E-state index >= 15 is 0 Å². The van der Waals surface area contributed by atoms with Gasteiger partial charge in [0.1, 0.15) is 6.54 Å². The molecule has 7 heteroatoms. The largest absolute Gasteiger partial charge is 0.389 e. The summed E-state index contributed by atoms with van der Waals surface area (Å²) in [4.78, 5) is 21.3. The number of ether oxygens (including phenoxy) is 1. The van der Waals surface area contributed by atoms with Crippen molar-refractivity contribution >= 4 is 16.9 Å². The monoisotopic (exact) mass is 344 g/mol. The van der Waals surface area contributed by atoms with Crippen molar-refractivity contribution in [2.75, 3.05) is 39.4 Å². The third kappa shape index (κ3) is 3.40. The summed E-state index contributed by atoms with van der Waals surface area (Å²) in [7, 11) is 0. The van der Waals surface area contributed by atoms with Crippen molar-refractivity contribution in [3.05, 3.63) is 30.6 Å². The highest BCUT2D eigenvalue weighted by atomic mass is 16.5. The fourth-order valence-electron chi connectivity index (χ4n) is 3.78. The van der Waals surface area contributed by atoms with Crippen LogP contribution in [0.2, 0.25) is 0 Å². The molecule has 134 valence electrons. The Morgan fingerprint density at radius 3 is 2.92 bits per heavy atom. The molecule has 2 saturated heterocycles. The normalized spacial score (nSPS) is 25.4. The molecular formula is C18H24N4O3. The number of imidazole rings is 1. The standard InChI is InChI=1S/C18H24N4O3/c23-17-12-25-11-16(17)20-6-3-7-21(9-8-20)18(24)10-22-13-19-14-4-1-2-5-15(14)22/h1-2,4-5,13,16-17,23H,3,6-12H2/t16-,17-/m0/s1. The summed E-state index contributed by atoms with van der Waals surface area (Å²) in [5, 5.41) is 10.0. The van der Waals surface area contributed by atoms with Crippen LogP contribution in [0.5, 0.6) is 0 Å². The molecule has 2 fully saturated rings. The fourth-order valence-corrected chi connectivity index (χ4v) is 3.78. The average Bonchev–Trinajstić information content (AvgIpc) is 3.14. The van der Waals surface area contributed by atoms with Gasteiger partial charge in [0.25, 0.3) is 0 Å². The molecule has 2 aliphatic heterocycles. The highest BCUT2D eigenvalue weighted by Gasteiger charge is 2.33. The first-order chi connectivity index (χ1) is 12.2. The Balaban J connectivity index is 1.39. The smallest absolute Gasteiger partial charge is 0.242 e. The maximum Gasteiger partial charge on any atom is 0.242 e. The van der Waals surface area contributed by atoms with E-state index < -0.39 is 6.10 Å². The number of para-hydroxylation sites is 2. The molecule has 1 N–H and O–H groups in total. The molecule has 0 spiro atoms. The van der Waals surface area contributed by atoms with Crippen LogP contribution in [0.1, 0.15) is 6.42 Å². The van der Waals surface area contributed by atoms with Gasteiger partial charge in [0.2, 0.25) is 5.91 Å². The highest BCUT2D eigenvalue weighted by Crippen LogP contribution is 2.17. The van der Waals surface area contributed by atoms with Crippen molar-refractivity contribution in [1.29, 1.82) is 0 Å². The predicted octanol–water partition coefficient (Wildman–Crippen LogP) is 0.330. The van der Waals surface area contributed by atoms with Gasteiger partial charge in [0.05, 0.1) is 42.7 Å². The van der Waals surface area contributed by atoms with E-state index in [1.807, 2.05) is 33.7 Å². The number of carbonyl (C=O) groups is 1. The maximum absolute atomic E-state index is 12.7.